The van der Waals surface area contributed by atoms with E-state index in [1.807, 2.05) is 30.3 Å². The zero-order chi connectivity index (χ0) is 15.1. The number of aliphatic hydroxyl groups is 1. The molecule has 21 heavy (non-hydrogen) atoms. The molecule has 1 atom stereocenters. The van der Waals surface area contributed by atoms with Gasteiger partial charge in [0.25, 0.3) is 0 Å². The van der Waals surface area contributed by atoms with Crippen molar-refractivity contribution in [2.75, 3.05) is 6.61 Å². The first-order valence-corrected chi connectivity index (χ1v) is 7.35. The first-order chi connectivity index (χ1) is 10.2. The van der Waals surface area contributed by atoms with Crippen molar-refractivity contribution >= 4 is 27.9 Å². The minimum absolute atomic E-state index is 0.110. The van der Waals surface area contributed by atoms with Gasteiger partial charge in [0, 0.05) is 6.08 Å². The van der Waals surface area contributed by atoms with Crippen LogP contribution in [0.3, 0.4) is 0 Å². The fraction of sp³-hybridized carbons (Fsp3) is 0.188. The van der Waals surface area contributed by atoms with Crippen LogP contribution in [0.25, 0.3) is 6.08 Å². The van der Waals surface area contributed by atoms with Crippen LogP contribution >= 0.6 is 15.9 Å². The molecule has 0 aliphatic heterocycles. The second kappa shape index (κ2) is 7.81. The SMILES string of the molecule is O=C(/C=C/c1ccc(Br)o1)N[C@@H](CO)Cc1ccccc1. The van der Waals surface area contributed by atoms with Crippen LogP contribution in [0.1, 0.15) is 11.3 Å². The van der Waals surface area contributed by atoms with Gasteiger partial charge in [0.1, 0.15) is 5.76 Å². The molecule has 1 aromatic carbocycles. The van der Waals surface area contributed by atoms with Crippen molar-refractivity contribution in [1.29, 1.82) is 0 Å². The molecule has 4 nitrogen and oxygen atoms in total. The van der Waals surface area contributed by atoms with Crippen molar-refractivity contribution in [2.45, 2.75) is 12.5 Å². The number of benzene rings is 1. The predicted molar refractivity (Wildman–Crippen MR) is 84.6 cm³/mol. The van der Waals surface area contributed by atoms with Crippen LogP contribution in [0, 0.1) is 0 Å². The molecule has 0 saturated carbocycles. The summed E-state index contributed by atoms with van der Waals surface area (Å²) in [7, 11) is 0. The molecular weight excluding hydrogens is 334 g/mol. The molecule has 2 aromatic rings. The average Bonchev–Trinajstić information content (AvgIpc) is 2.91. The van der Waals surface area contributed by atoms with E-state index >= 15 is 0 Å². The molecular formula is C16H16BrNO3. The predicted octanol–water partition coefficient (Wildman–Crippen LogP) is 2.78. The van der Waals surface area contributed by atoms with Gasteiger partial charge in [0.05, 0.1) is 12.6 Å². The van der Waals surface area contributed by atoms with Crippen LogP contribution < -0.4 is 5.32 Å². The Labute approximate surface area is 131 Å². The lowest BCUT2D eigenvalue weighted by atomic mass is 10.1. The van der Waals surface area contributed by atoms with E-state index in [0.29, 0.717) is 16.9 Å². The summed E-state index contributed by atoms with van der Waals surface area (Å²) in [5.74, 6) is 0.318. The minimum Gasteiger partial charge on any atom is -0.450 e. The molecule has 1 aromatic heterocycles. The van der Waals surface area contributed by atoms with Crippen molar-refractivity contribution in [3.63, 3.8) is 0 Å². The summed E-state index contributed by atoms with van der Waals surface area (Å²) in [5.41, 5.74) is 1.07. The fourth-order valence-corrected chi connectivity index (χ4v) is 2.20. The smallest absolute Gasteiger partial charge is 0.244 e. The summed E-state index contributed by atoms with van der Waals surface area (Å²) < 4.78 is 5.87. The van der Waals surface area contributed by atoms with E-state index in [9.17, 15) is 9.90 Å². The minimum atomic E-state index is -0.312. The molecule has 0 aliphatic rings. The maximum atomic E-state index is 11.8. The molecule has 0 radical (unpaired) electrons. The normalized spacial score (nSPS) is 12.5. The second-order valence-electron chi connectivity index (χ2n) is 4.55. The number of halogens is 1. The summed E-state index contributed by atoms with van der Waals surface area (Å²) in [6.45, 7) is -0.110. The van der Waals surface area contributed by atoms with Gasteiger partial charge >= 0.3 is 0 Å². The Bertz CT molecular complexity index is 607. The lowest BCUT2D eigenvalue weighted by Crippen LogP contribution is -2.38. The maximum Gasteiger partial charge on any atom is 0.244 e. The first-order valence-electron chi connectivity index (χ1n) is 6.56. The van der Waals surface area contributed by atoms with E-state index in [0.717, 1.165) is 5.56 Å². The van der Waals surface area contributed by atoms with E-state index in [1.165, 1.54) is 6.08 Å². The molecule has 110 valence electrons. The summed E-state index contributed by atoms with van der Waals surface area (Å²) >= 11 is 3.19. The Balaban J connectivity index is 1.89. The van der Waals surface area contributed by atoms with E-state index in [1.54, 1.807) is 18.2 Å². The first kappa shape index (κ1) is 15.5. The monoisotopic (exact) mass is 349 g/mol. The van der Waals surface area contributed by atoms with E-state index in [2.05, 4.69) is 21.2 Å². The Hall–Kier alpha value is -1.85. The third-order valence-electron chi connectivity index (χ3n) is 2.88. The zero-order valence-electron chi connectivity index (χ0n) is 11.3. The van der Waals surface area contributed by atoms with Crippen LogP contribution in [-0.4, -0.2) is 23.7 Å². The molecule has 5 heteroatoms. The lowest BCUT2D eigenvalue weighted by Gasteiger charge is -2.15. The summed E-state index contributed by atoms with van der Waals surface area (Å²) in [6, 6.07) is 12.9. The number of nitrogens with one attached hydrogen (secondary N) is 1. The van der Waals surface area contributed by atoms with Crippen LogP contribution in [-0.2, 0) is 11.2 Å². The van der Waals surface area contributed by atoms with Crippen molar-refractivity contribution in [3.8, 4) is 0 Å². The van der Waals surface area contributed by atoms with Gasteiger partial charge in [-0.15, -0.1) is 0 Å². The number of carbonyl (C=O) groups is 1. The molecule has 0 bridgehead atoms. The van der Waals surface area contributed by atoms with Crippen LogP contribution in [0.4, 0.5) is 0 Å². The standard InChI is InChI=1S/C16H16BrNO3/c17-15-8-6-14(21-15)7-9-16(20)18-13(11-19)10-12-4-2-1-3-5-12/h1-9,13,19H,10-11H2,(H,18,20)/b9-7+/t13-/m1/s1. The van der Waals surface area contributed by atoms with Gasteiger partial charge in [0.2, 0.25) is 5.91 Å². The third kappa shape index (κ3) is 5.21. The van der Waals surface area contributed by atoms with E-state index < -0.39 is 0 Å². The van der Waals surface area contributed by atoms with Crippen LogP contribution in [0.2, 0.25) is 0 Å². The molecule has 0 aliphatic carbocycles. The molecule has 1 amide bonds. The van der Waals surface area contributed by atoms with Crippen molar-refractivity contribution in [3.05, 3.63) is 64.5 Å². The highest BCUT2D eigenvalue weighted by atomic mass is 79.9. The number of aliphatic hydroxyl groups excluding tert-OH is 1. The van der Waals surface area contributed by atoms with Gasteiger partial charge in [-0.05, 0) is 46.1 Å². The van der Waals surface area contributed by atoms with Gasteiger partial charge in [-0.1, -0.05) is 30.3 Å². The zero-order valence-corrected chi connectivity index (χ0v) is 12.9. The summed E-state index contributed by atoms with van der Waals surface area (Å²) in [4.78, 5) is 11.8. The number of furan rings is 1. The van der Waals surface area contributed by atoms with Gasteiger partial charge in [-0.25, -0.2) is 0 Å². The summed E-state index contributed by atoms with van der Waals surface area (Å²) in [5, 5.41) is 12.1. The van der Waals surface area contributed by atoms with E-state index in [-0.39, 0.29) is 18.6 Å². The maximum absolute atomic E-state index is 11.8. The number of amides is 1. The van der Waals surface area contributed by atoms with Crippen molar-refractivity contribution in [2.24, 2.45) is 0 Å². The fourth-order valence-electron chi connectivity index (χ4n) is 1.88. The van der Waals surface area contributed by atoms with Crippen molar-refractivity contribution < 1.29 is 14.3 Å². The lowest BCUT2D eigenvalue weighted by molar-refractivity contribution is -0.117. The molecule has 0 fully saturated rings. The second-order valence-corrected chi connectivity index (χ2v) is 5.33. The summed E-state index contributed by atoms with van der Waals surface area (Å²) in [6.07, 6.45) is 3.55. The Morgan fingerprint density at radius 1 is 1.29 bits per heavy atom. The Morgan fingerprint density at radius 3 is 2.67 bits per heavy atom. The largest absolute Gasteiger partial charge is 0.450 e. The van der Waals surface area contributed by atoms with Crippen LogP contribution in [0.15, 0.2) is 57.6 Å². The quantitative estimate of drug-likeness (QED) is 0.788. The van der Waals surface area contributed by atoms with Gasteiger partial charge in [-0.2, -0.15) is 0 Å². The highest BCUT2D eigenvalue weighted by Crippen LogP contribution is 2.14. The Kier molecular flexibility index (Phi) is 5.78. The molecule has 0 unspecified atom stereocenters. The van der Waals surface area contributed by atoms with E-state index in [4.69, 9.17) is 4.42 Å². The Morgan fingerprint density at radius 2 is 2.05 bits per heavy atom. The van der Waals surface area contributed by atoms with Crippen molar-refractivity contribution in [1.82, 2.24) is 5.32 Å². The average molecular weight is 350 g/mol. The number of hydrogen-bond donors (Lipinski definition) is 2. The van der Waals surface area contributed by atoms with Gasteiger partial charge in [-0.3, -0.25) is 4.79 Å². The third-order valence-corrected chi connectivity index (χ3v) is 3.31. The molecule has 2 N–H and O–H groups in total. The molecule has 2 rings (SSSR count). The van der Waals surface area contributed by atoms with Gasteiger partial charge in [0.15, 0.2) is 4.67 Å². The topological polar surface area (TPSA) is 62.5 Å². The number of carbonyl (C=O) groups excluding carboxylic acids is 1. The molecule has 0 saturated heterocycles. The highest BCUT2D eigenvalue weighted by molar-refractivity contribution is 9.10. The molecule has 1 heterocycles. The van der Waals surface area contributed by atoms with Crippen LogP contribution in [0.5, 0.6) is 0 Å². The number of rotatable bonds is 6. The van der Waals surface area contributed by atoms with Gasteiger partial charge < -0.3 is 14.8 Å². The highest BCUT2D eigenvalue weighted by Gasteiger charge is 2.10. The molecule has 0 spiro atoms. The number of hydrogen-bond acceptors (Lipinski definition) is 3.